The van der Waals surface area contributed by atoms with Gasteiger partial charge >= 0.3 is 0 Å². The SMILES string of the molecule is Cc1nc(C)c(C(O)=C(C#N)c2csc(-c3ccccc3Br)n2)o1. The summed E-state index contributed by atoms with van der Waals surface area (Å²) in [5.41, 5.74) is 1.92. The average molecular weight is 402 g/mol. The van der Waals surface area contributed by atoms with Gasteiger partial charge in [-0.25, -0.2) is 9.97 Å². The van der Waals surface area contributed by atoms with Crippen LogP contribution in [0.15, 0.2) is 38.5 Å². The summed E-state index contributed by atoms with van der Waals surface area (Å²) in [6.07, 6.45) is 0. The first kappa shape index (κ1) is 16.4. The van der Waals surface area contributed by atoms with Gasteiger partial charge in [-0.05, 0) is 13.0 Å². The molecule has 0 aliphatic carbocycles. The number of aromatic nitrogens is 2. The average Bonchev–Trinajstić information content (AvgIpc) is 3.15. The van der Waals surface area contributed by atoms with Crippen LogP contribution in [0.4, 0.5) is 0 Å². The Morgan fingerprint density at radius 1 is 1.29 bits per heavy atom. The highest BCUT2D eigenvalue weighted by atomic mass is 79.9. The molecule has 3 rings (SSSR count). The van der Waals surface area contributed by atoms with Crippen LogP contribution in [0.3, 0.4) is 0 Å². The number of halogens is 1. The van der Waals surface area contributed by atoms with Crippen LogP contribution in [0.25, 0.3) is 21.9 Å². The predicted molar refractivity (Wildman–Crippen MR) is 96.3 cm³/mol. The zero-order valence-electron chi connectivity index (χ0n) is 12.9. The number of thiazole rings is 1. The van der Waals surface area contributed by atoms with E-state index in [-0.39, 0.29) is 17.1 Å². The standard InChI is InChI=1S/C17H12BrN3O2S/c1-9-16(23-10(2)20-9)15(22)12(7-19)14-8-24-17(21-14)11-5-3-4-6-13(11)18/h3-6,8,22H,1-2H3. The quantitative estimate of drug-likeness (QED) is 0.485. The molecule has 0 amide bonds. The number of hydrogen-bond donors (Lipinski definition) is 1. The fourth-order valence-electron chi connectivity index (χ4n) is 2.24. The van der Waals surface area contributed by atoms with E-state index in [1.165, 1.54) is 11.3 Å². The molecule has 2 heterocycles. The molecule has 5 nitrogen and oxygen atoms in total. The maximum Gasteiger partial charge on any atom is 0.193 e. The van der Waals surface area contributed by atoms with Gasteiger partial charge in [0.1, 0.15) is 16.6 Å². The Hall–Kier alpha value is -2.43. The molecule has 7 heteroatoms. The second-order valence-corrected chi connectivity index (χ2v) is 6.71. The van der Waals surface area contributed by atoms with E-state index in [1.54, 1.807) is 19.2 Å². The molecular weight excluding hydrogens is 390 g/mol. The maximum absolute atomic E-state index is 10.4. The van der Waals surface area contributed by atoms with Gasteiger partial charge in [-0.2, -0.15) is 5.26 Å². The van der Waals surface area contributed by atoms with Gasteiger partial charge in [-0.1, -0.05) is 34.1 Å². The molecule has 1 aromatic carbocycles. The Labute approximate surface area is 151 Å². The van der Waals surface area contributed by atoms with E-state index in [0.717, 1.165) is 15.0 Å². The van der Waals surface area contributed by atoms with Crippen LogP contribution >= 0.6 is 27.3 Å². The number of aliphatic hydroxyl groups is 1. The van der Waals surface area contributed by atoms with Crippen molar-refractivity contribution in [3.63, 3.8) is 0 Å². The molecule has 1 N–H and O–H groups in total. The first-order chi connectivity index (χ1) is 11.5. The first-order valence-electron chi connectivity index (χ1n) is 6.99. The Morgan fingerprint density at radius 3 is 2.67 bits per heavy atom. The number of rotatable bonds is 3. The van der Waals surface area contributed by atoms with E-state index in [2.05, 4.69) is 25.9 Å². The van der Waals surface area contributed by atoms with Gasteiger partial charge in [0.2, 0.25) is 0 Å². The van der Waals surface area contributed by atoms with E-state index in [4.69, 9.17) is 4.42 Å². The molecule has 0 atom stereocenters. The van der Waals surface area contributed by atoms with Crippen LogP contribution < -0.4 is 0 Å². The molecule has 0 aliphatic rings. The van der Waals surface area contributed by atoms with Crippen LogP contribution in [0.5, 0.6) is 0 Å². The lowest BCUT2D eigenvalue weighted by Crippen LogP contribution is -1.92. The minimum atomic E-state index is -0.250. The van der Waals surface area contributed by atoms with Crippen LogP contribution in [0.1, 0.15) is 23.0 Å². The van der Waals surface area contributed by atoms with Crippen molar-refractivity contribution in [2.75, 3.05) is 0 Å². The zero-order chi connectivity index (χ0) is 17.3. The van der Waals surface area contributed by atoms with E-state index >= 15 is 0 Å². The second kappa shape index (κ2) is 6.59. The summed E-state index contributed by atoms with van der Waals surface area (Å²) in [4.78, 5) is 8.59. The number of nitrogens with zero attached hydrogens (tertiary/aromatic N) is 3. The first-order valence-corrected chi connectivity index (χ1v) is 8.67. The van der Waals surface area contributed by atoms with Gasteiger partial charge in [-0.3, -0.25) is 0 Å². The number of nitriles is 1. The van der Waals surface area contributed by atoms with Gasteiger partial charge in [-0.15, -0.1) is 11.3 Å². The number of aliphatic hydroxyl groups excluding tert-OH is 1. The Morgan fingerprint density at radius 2 is 2.04 bits per heavy atom. The summed E-state index contributed by atoms with van der Waals surface area (Å²) in [5, 5.41) is 22.4. The molecule has 0 saturated heterocycles. The molecular formula is C17H12BrN3O2S. The number of hydrogen-bond acceptors (Lipinski definition) is 6. The van der Waals surface area contributed by atoms with Gasteiger partial charge in [0.15, 0.2) is 17.4 Å². The number of benzene rings is 1. The minimum Gasteiger partial charge on any atom is -0.503 e. The molecule has 0 radical (unpaired) electrons. The van der Waals surface area contributed by atoms with Crippen molar-refractivity contribution in [1.29, 1.82) is 5.26 Å². The van der Waals surface area contributed by atoms with Crippen LogP contribution in [-0.4, -0.2) is 15.1 Å². The maximum atomic E-state index is 10.4. The highest BCUT2D eigenvalue weighted by Gasteiger charge is 2.20. The molecule has 0 unspecified atom stereocenters. The second-order valence-electron chi connectivity index (χ2n) is 5.00. The molecule has 24 heavy (non-hydrogen) atoms. The fraction of sp³-hybridized carbons (Fsp3) is 0.118. The third-order valence-corrected chi connectivity index (χ3v) is 4.90. The van der Waals surface area contributed by atoms with Crippen molar-refractivity contribution in [2.24, 2.45) is 0 Å². The van der Waals surface area contributed by atoms with Gasteiger partial charge in [0.05, 0.1) is 11.4 Å². The van der Waals surface area contributed by atoms with Crippen molar-refractivity contribution in [1.82, 2.24) is 9.97 Å². The normalized spacial score (nSPS) is 11.9. The number of aryl methyl sites for hydroxylation is 2. The van der Waals surface area contributed by atoms with Crippen molar-refractivity contribution in [2.45, 2.75) is 13.8 Å². The summed E-state index contributed by atoms with van der Waals surface area (Å²) in [6.45, 7) is 3.40. The van der Waals surface area contributed by atoms with Gasteiger partial charge < -0.3 is 9.52 Å². The Balaban J connectivity index is 2.08. The molecule has 2 aromatic heterocycles. The van der Waals surface area contributed by atoms with Gasteiger partial charge in [0, 0.05) is 22.3 Å². The van der Waals surface area contributed by atoms with Crippen LogP contribution in [0.2, 0.25) is 0 Å². The van der Waals surface area contributed by atoms with Crippen LogP contribution in [0, 0.1) is 25.2 Å². The predicted octanol–water partition coefficient (Wildman–Crippen LogP) is 5.13. The van der Waals surface area contributed by atoms with Crippen molar-refractivity contribution >= 4 is 38.6 Å². The van der Waals surface area contributed by atoms with E-state index < -0.39 is 0 Å². The molecule has 120 valence electrons. The van der Waals surface area contributed by atoms with E-state index in [1.807, 2.05) is 30.3 Å². The minimum absolute atomic E-state index is 0.0591. The molecule has 0 bridgehead atoms. The van der Waals surface area contributed by atoms with E-state index in [0.29, 0.717) is 17.3 Å². The van der Waals surface area contributed by atoms with E-state index in [9.17, 15) is 10.4 Å². The summed E-state index contributed by atoms with van der Waals surface area (Å²) >= 11 is 4.89. The Bertz CT molecular complexity index is 982. The smallest absolute Gasteiger partial charge is 0.193 e. The molecule has 3 aromatic rings. The Kier molecular flexibility index (Phi) is 4.51. The lowest BCUT2D eigenvalue weighted by molar-refractivity contribution is 0.445. The molecule has 0 fully saturated rings. The number of allylic oxidation sites excluding steroid dienone is 1. The van der Waals surface area contributed by atoms with Crippen molar-refractivity contribution in [3.8, 4) is 16.6 Å². The van der Waals surface area contributed by atoms with Crippen molar-refractivity contribution in [3.05, 3.63) is 57.2 Å². The number of oxazole rings is 1. The lowest BCUT2D eigenvalue weighted by atomic mass is 10.1. The molecule has 0 aliphatic heterocycles. The zero-order valence-corrected chi connectivity index (χ0v) is 15.3. The summed E-state index contributed by atoms with van der Waals surface area (Å²) in [5.74, 6) is 0.373. The highest BCUT2D eigenvalue weighted by molar-refractivity contribution is 9.10. The van der Waals surface area contributed by atoms with Crippen molar-refractivity contribution < 1.29 is 9.52 Å². The largest absolute Gasteiger partial charge is 0.503 e. The summed E-state index contributed by atoms with van der Waals surface area (Å²) < 4.78 is 6.30. The third kappa shape index (κ3) is 2.98. The van der Waals surface area contributed by atoms with Gasteiger partial charge in [0.25, 0.3) is 0 Å². The monoisotopic (exact) mass is 401 g/mol. The highest BCUT2D eigenvalue weighted by Crippen LogP contribution is 2.33. The summed E-state index contributed by atoms with van der Waals surface area (Å²) in [7, 11) is 0. The lowest BCUT2D eigenvalue weighted by Gasteiger charge is -2.01. The molecule has 0 saturated carbocycles. The molecule has 0 spiro atoms. The fourth-order valence-corrected chi connectivity index (χ4v) is 3.70. The topological polar surface area (TPSA) is 82.9 Å². The van der Waals surface area contributed by atoms with Crippen LogP contribution in [-0.2, 0) is 0 Å². The third-order valence-electron chi connectivity index (χ3n) is 3.33. The summed E-state index contributed by atoms with van der Waals surface area (Å²) in [6, 6.07) is 9.71.